The van der Waals surface area contributed by atoms with E-state index in [9.17, 15) is 9.59 Å². The minimum atomic E-state index is -0.846. The summed E-state index contributed by atoms with van der Waals surface area (Å²) in [6.07, 6.45) is 2.19. The Hall–Kier alpha value is -2.11. The van der Waals surface area contributed by atoms with Gasteiger partial charge in [-0.05, 0) is 39.3 Å². The molecule has 0 aliphatic heterocycles. The summed E-state index contributed by atoms with van der Waals surface area (Å²) in [5.74, 6) is -0.846. The van der Waals surface area contributed by atoms with Gasteiger partial charge in [-0.3, -0.25) is 9.78 Å². The third-order valence-corrected chi connectivity index (χ3v) is 3.15. The molecule has 2 N–H and O–H groups in total. The molecular weight excluding hydrogens is 270 g/mol. The summed E-state index contributed by atoms with van der Waals surface area (Å²) in [4.78, 5) is 28.7. The molecule has 0 saturated heterocycles. The fourth-order valence-electron chi connectivity index (χ4n) is 1.97. The van der Waals surface area contributed by atoms with E-state index in [0.717, 1.165) is 5.69 Å². The number of hydrogen-bond donors (Lipinski definition) is 2. The predicted octanol–water partition coefficient (Wildman–Crippen LogP) is 2.43. The lowest BCUT2D eigenvalue weighted by molar-refractivity contribution is -0.137. The van der Waals surface area contributed by atoms with Crippen LogP contribution in [0.2, 0.25) is 0 Å². The van der Waals surface area contributed by atoms with Crippen molar-refractivity contribution >= 4 is 12.0 Å². The van der Waals surface area contributed by atoms with Gasteiger partial charge in [0.05, 0.1) is 11.7 Å². The van der Waals surface area contributed by atoms with Gasteiger partial charge in [-0.15, -0.1) is 0 Å². The van der Waals surface area contributed by atoms with Gasteiger partial charge in [-0.2, -0.15) is 0 Å². The van der Waals surface area contributed by atoms with Crippen LogP contribution in [0.1, 0.15) is 45.3 Å². The maximum atomic E-state index is 12.3. The molecule has 0 radical (unpaired) electrons. The lowest BCUT2D eigenvalue weighted by Gasteiger charge is -2.28. The molecule has 6 heteroatoms. The molecule has 0 aliphatic carbocycles. The predicted molar refractivity (Wildman–Crippen MR) is 79.9 cm³/mol. The standard InChI is InChI=1S/C15H23N3O3/c1-11(2)18(10-6-8-14(19)20)15(21)17-12(3)13-7-4-5-9-16-13/h4-5,7,9,11-12H,6,8,10H2,1-3H3,(H,17,21)(H,19,20). The Morgan fingerprint density at radius 3 is 2.57 bits per heavy atom. The van der Waals surface area contributed by atoms with E-state index in [2.05, 4.69) is 10.3 Å². The Labute approximate surface area is 125 Å². The fraction of sp³-hybridized carbons (Fsp3) is 0.533. The zero-order valence-electron chi connectivity index (χ0n) is 12.7. The fourth-order valence-corrected chi connectivity index (χ4v) is 1.97. The van der Waals surface area contributed by atoms with Crippen molar-refractivity contribution in [3.8, 4) is 0 Å². The van der Waals surface area contributed by atoms with Gasteiger partial charge >= 0.3 is 12.0 Å². The number of aliphatic carboxylic acids is 1. The first-order chi connectivity index (χ1) is 9.91. The number of carboxylic acid groups (broad SMARTS) is 1. The van der Waals surface area contributed by atoms with Crippen molar-refractivity contribution in [2.45, 2.75) is 45.7 Å². The van der Waals surface area contributed by atoms with Gasteiger partial charge in [0.25, 0.3) is 0 Å². The van der Waals surface area contributed by atoms with Crippen LogP contribution < -0.4 is 5.32 Å². The van der Waals surface area contributed by atoms with E-state index in [0.29, 0.717) is 13.0 Å². The summed E-state index contributed by atoms with van der Waals surface area (Å²) in [7, 11) is 0. The van der Waals surface area contributed by atoms with Crippen LogP contribution in [0, 0.1) is 0 Å². The maximum Gasteiger partial charge on any atom is 0.318 e. The molecule has 2 amide bonds. The Bertz CT molecular complexity index is 462. The lowest BCUT2D eigenvalue weighted by Crippen LogP contribution is -2.45. The number of pyridine rings is 1. The van der Waals surface area contributed by atoms with Crippen molar-refractivity contribution in [1.82, 2.24) is 15.2 Å². The van der Waals surface area contributed by atoms with Crippen molar-refractivity contribution in [3.63, 3.8) is 0 Å². The van der Waals surface area contributed by atoms with Crippen molar-refractivity contribution in [1.29, 1.82) is 0 Å². The molecule has 0 fully saturated rings. The molecule has 0 spiro atoms. The highest BCUT2D eigenvalue weighted by atomic mass is 16.4. The third kappa shape index (κ3) is 5.81. The molecule has 1 aromatic rings. The molecule has 21 heavy (non-hydrogen) atoms. The van der Waals surface area contributed by atoms with Gasteiger partial charge in [0.15, 0.2) is 0 Å². The van der Waals surface area contributed by atoms with Gasteiger partial charge in [0.2, 0.25) is 0 Å². The van der Waals surface area contributed by atoms with E-state index in [1.165, 1.54) is 0 Å². The smallest absolute Gasteiger partial charge is 0.318 e. The first-order valence-electron chi connectivity index (χ1n) is 7.11. The number of urea groups is 1. The molecule has 1 atom stereocenters. The van der Waals surface area contributed by atoms with Crippen LogP contribution in [0.15, 0.2) is 24.4 Å². The van der Waals surface area contributed by atoms with E-state index < -0.39 is 5.97 Å². The summed E-state index contributed by atoms with van der Waals surface area (Å²) in [6.45, 7) is 6.11. The van der Waals surface area contributed by atoms with E-state index in [4.69, 9.17) is 5.11 Å². The number of carbonyl (C=O) groups excluding carboxylic acids is 1. The lowest BCUT2D eigenvalue weighted by atomic mass is 10.2. The maximum absolute atomic E-state index is 12.3. The second kappa shape index (κ2) is 8.24. The molecule has 0 aliphatic rings. The minimum absolute atomic E-state index is 0.00901. The quantitative estimate of drug-likeness (QED) is 0.809. The van der Waals surface area contributed by atoms with Gasteiger partial charge < -0.3 is 15.3 Å². The van der Waals surface area contributed by atoms with Crippen molar-refractivity contribution in [3.05, 3.63) is 30.1 Å². The first-order valence-corrected chi connectivity index (χ1v) is 7.11. The number of rotatable bonds is 7. The third-order valence-electron chi connectivity index (χ3n) is 3.15. The zero-order valence-corrected chi connectivity index (χ0v) is 12.7. The van der Waals surface area contributed by atoms with Crippen LogP contribution in [0.4, 0.5) is 4.79 Å². The Morgan fingerprint density at radius 2 is 2.05 bits per heavy atom. The Kier molecular flexibility index (Phi) is 6.65. The van der Waals surface area contributed by atoms with Crippen LogP contribution in [-0.4, -0.2) is 39.6 Å². The molecule has 6 nitrogen and oxygen atoms in total. The molecule has 0 aromatic carbocycles. The number of carbonyl (C=O) groups is 2. The molecular formula is C15H23N3O3. The van der Waals surface area contributed by atoms with Crippen LogP contribution in [0.3, 0.4) is 0 Å². The number of aromatic nitrogens is 1. The first kappa shape index (κ1) is 16.9. The average Bonchev–Trinajstić information content (AvgIpc) is 2.43. The highest BCUT2D eigenvalue weighted by Crippen LogP contribution is 2.10. The van der Waals surface area contributed by atoms with Gasteiger partial charge in [0.1, 0.15) is 0 Å². The largest absolute Gasteiger partial charge is 0.481 e. The van der Waals surface area contributed by atoms with Crippen LogP contribution in [0.25, 0.3) is 0 Å². The molecule has 1 heterocycles. The number of amides is 2. The average molecular weight is 293 g/mol. The Balaban J connectivity index is 2.58. The van der Waals surface area contributed by atoms with Crippen LogP contribution in [0.5, 0.6) is 0 Å². The summed E-state index contributed by atoms with van der Waals surface area (Å²) < 4.78 is 0. The van der Waals surface area contributed by atoms with Gasteiger partial charge in [-0.1, -0.05) is 6.07 Å². The molecule has 0 saturated carbocycles. The molecule has 1 unspecified atom stereocenters. The second-order valence-corrected chi connectivity index (χ2v) is 5.21. The summed E-state index contributed by atoms with van der Waals surface area (Å²) in [6, 6.07) is 5.17. The molecule has 1 rings (SSSR count). The minimum Gasteiger partial charge on any atom is -0.481 e. The summed E-state index contributed by atoms with van der Waals surface area (Å²) >= 11 is 0. The zero-order chi connectivity index (χ0) is 15.8. The number of hydrogen-bond acceptors (Lipinski definition) is 3. The normalized spacial score (nSPS) is 12.0. The SMILES string of the molecule is CC(NC(=O)N(CCCC(=O)O)C(C)C)c1ccccn1. The van der Waals surface area contributed by atoms with E-state index in [1.54, 1.807) is 11.1 Å². The van der Waals surface area contributed by atoms with Crippen molar-refractivity contribution in [2.75, 3.05) is 6.54 Å². The number of carboxylic acids is 1. The number of nitrogens with zero attached hydrogens (tertiary/aromatic N) is 2. The van der Waals surface area contributed by atoms with Gasteiger partial charge in [-0.25, -0.2) is 4.79 Å². The highest BCUT2D eigenvalue weighted by Gasteiger charge is 2.19. The summed E-state index contributed by atoms with van der Waals surface area (Å²) in [5, 5.41) is 11.6. The van der Waals surface area contributed by atoms with E-state index in [-0.39, 0.29) is 24.5 Å². The van der Waals surface area contributed by atoms with E-state index in [1.807, 2.05) is 39.0 Å². The van der Waals surface area contributed by atoms with E-state index >= 15 is 0 Å². The summed E-state index contributed by atoms with van der Waals surface area (Å²) in [5.41, 5.74) is 0.792. The Morgan fingerprint density at radius 1 is 1.33 bits per heavy atom. The molecule has 116 valence electrons. The van der Waals surface area contributed by atoms with Crippen molar-refractivity contribution in [2.24, 2.45) is 0 Å². The topological polar surface area (TPSA) is 82.5 Å². The van der Waals surface area contributed by atoms with Gasteiger partial charge in [0, 0.05) is 25.2 Å². The second-order valence-electron chi connectivity index (χ2n) is 5.21. The monoisotopic (exact) mass is 293 g/mol. The van der Waals surface area contributed by atoms with Crippen LogP contribution >= 0.6 is 0 Å². The van der Waals surface area contributed by atoms with Crippen molar-refractivity contribution < 1.29 is 14.7 Å². The number of nitrogens with one attached hydrogen (secondary N) is 1. The van der Waals surface area contributed by atoms with Crippen LogP contribution in [-0.2, 0) is 4.79 Å². The molecule has 0 bridgehead atoms. The molecule has 1 aromatic heterocycles. The highest BCUT2D eigenvalue weighted by molar-refractivity contribution is 5.75.